The second-order valence-corrected chi connectivity index (χ2v) is 9.16. The van der Waals surface area contributed by atoms with E-state index in [0.717, 1.165) is 17.4 Å². The minimum atomic E-state index is -0.266. The highest BCUT2D eigenvalue weighted by atomic mass is 16.5. The molecule has 0 N–H and O–H groups in total. The Labute approximate surface area is 187 Å². The van der Waals surface area contributed by atoms with Crippen LogP contribution in [0, 0.1) is 5.92 Å². The molecule has 0 amide bonds. The molecule has 0 heterocycles. The lowest BCUT2D eigenvalue weighted by Gasteiger charge is -2.33. The summed E-state index contributed by atoms with van der Waals surface area (Å²) in [5.74, 6) is 3.34. The summed E-state index contributed by atoms with van der Waals surface area (Å²) in [5, 5.41) is 0. The van der Waals surface area contributed by atoms with Crippen LogP contribution in [0.4, 0.5) is 0 Å². The molecule has 4 rings (SSSR count). The van der Waals surface area contributed by atoms with Crippen LogP contribution in [0.2, 0.25) is 0 Å². The fraction of sp³-hybridized carbons (Fsp3) is 0.379. The zero-order valence-electron chi connectivity index (χ0n) is 19.2. The van der Waals surface area contributed by atoms with Gasteiger partial charge in [0, 0.05) is 5.41 Å². The average molecular weight is 415 g/mol. The summed E-state index contributed by atoms with van der Waals surface area (Å²) in [6.45, 7) is 4.70. The Kier molecular flexibility index (Phi) is 6.36. The Morgan fingerprint density at radius 3 is 1.39 bits per heavy atom. The molecule has 2 nitrogen and oxygen atoms in total. The normalized spacial score (nSPS) is 19.1. The van der Waals surface area contributed by atoms with Gasteiger partial charge in [-0.1, -0.05) is 68.3 Å². The van der Waals surface area contributed by atoms with E-state index < -0.39 is 0 Å². The van der Waals surface area contributed by atoms with E-state index in [-0.39, 0.29) is 5.41 Å². The molecule has 2 heteroatoms. The van der Waals surface area contributed by atoms with Gasteiger partial charge in [0.05, 0.1) is 14.2 Å². The minimum Gasteiger partial charge on any atom is -0.497 e. The molecule has 1 saturated carbocycles. The molecule has 3 aromatic carbocycles. The van der Waals surface area contributed by atoms with Crippen molar-refractivity contribution < 1.29 is 9.47 Å². The molecule has 1 aliphatic carbocycles. The van der Waals surface area contributed by atoms with Gasteiger partial charge in [-0.2, -0.15) is 0 Å². The highest BCUT2D eigenvalue weighted by Gasteiger charge is 2.31. The minimum absolute atomic E-state index is 0.266. The van der Waals surface area contributed by atoms with Crippen LogP contribution in [0.3, 0.4) is 0 Å². The first kappa shape index (κ1) is 21.5. The highest BCUT2D eigenvalue weighted by molar-refractivity contribution is 5.51. The lowest BCUT2D eigenvalue weighted by Crippen LogP contribution is -2.25. The number of hydrogen-bond acceptors (Lipinski definition) is 2. The molecular weight excluding hydrogens is 380 g/mol. The summed E-state index contributed by atoms with van der Waals surface area (Å²) in [6.07, 6.45) is 5.33. The first-order valence-corrected chi connectivity index (χ1v) is 11.4. The van der Waals surface area contributed by atoms with Crippen LogP contribution in [0.15, 0.2) is 72.8 Å². The molecule has 162 valence electrons. The zero-order valence-corrected chi connectivity index (χ0v) is 19.2. The van der Waals surface area contributed by atoms with Crippen molar-refractivity contribution in [2.45, 2.75) is 50.9 Å². The van der Waals surface area contributed by atoms with Gasteiger partial charge in [-0.25, -0.2) is 0 Å². The van der Waals surface area contributed by atoms with E-state index >= 15 is 0 Å². The Hall–Kier alpha value is -2.74. The summed E-state index contributed by atoms with van der Waals surface area (Å²) in [6, 6.07) is 26.3. The summed E-state index contributed by atoms with van der Waals surface area (Å²) in [5.41, 5.74) is 5.02. The average Bonchev–Trinajstić information content (AvgIpc) is 2.84. The number of rotatable bonds is 6. The summed E-state index contributed by atoms with van der Waals surface area (Å²) < 4.78 is 10.8. The maximum absolute atomic E-state index is 5.40. The molecule has 0 aromatic heterocycles. The van der Waals surface area contributed by atoms with Gasteiger partial charge in [0.1, 0.15) is 11.5 Å². The van der Waals surface area contributed by atoms with E-state index in [1.807, 2.05) is 0 Å². The molecule has 0 atom stereocenters. The van der Waals surface area contributed by atoms with Crippen LogP contribution < -0.4 is 9.47 Å². The van der Waals surface area contributed by atoms with Crippen molar-refractivity contribution >= 4 is 0 Å². The predicted molar refractivity (Wildman–Crippen MR) is 128 cm³/mol. The highest BCUT2D eigenvalue weighted by Crippen LogP contribution is 2.41. The van der Waals surface area contributed by atoms with Gasteiger partial charge < -0.3 is 9.47 Å². The fourth-order valence-electron chi connectivity index (χ4n) is 5.03. The molecule has 0 unspecified atom stereocenters. The van der Waals surface area contributed by atoms with Crippen molar-refractivity contribution in [2.24, 2.45) is 5.92 Å². The topological polar surface area (TPSA) is 18.5 Å². The molecule has 1 fully saturated rings. The first-order chi connectivity index (χ1) is 15.0. The quantitative estimate of drug-likeness (QED) is 0.393. The first-order valence-electron chi connectivity index (χ1n) is 11.4. The Bertz CT molecular complexity index is 915. The fourth-order valence-corrected chi connectivity index (χ4v) is 5.03. The summed E-state index contributed by atoms with van der Waals surface area (Å²) in [7, 11) is 3.42. The van der Waals surface area contributed by atoms with Crippen molar-refractivity contribution in [3.05, 3.63) is 95.1 Å². The Morgan fingerprint density at radius 1 is 0.613 bits per heavy atom. The Morgan fingerprint density at radius 2 is 1.00 bits per heavy atom. The SMILES string of the molecule is COc1ccc(C(C)(c2ccc(OC)cc2)c2ccc(C3CCC(C)CC3)cc2)cc1. The van der Waals surface area contributed by atoms with Gasteiger partial charge in [0.15, 0.2) is 0 Å². The van der Waals surface area contributed by atoms with Crippen molar-refractivity contribution in [3.8, 4) is 11.5 Å². The number of benzene rings is 3. The summed E-state index contributed by atoms with van der Waals surface area (Å²) in [4.78, 5) is 0. The lowest BCUT2D eigenvalue weighted by molar-refractivity contribution is 0.348. The van der Waals surface area contributed by atoms with Crippen molar-refractivity contribution in [3.63, 3.8) is 0 Å². The van der Waals surface area contributed by atoms with Gasteiger partial charge in [-0.15, -0.1) is 0 Å². The molecule has 0 spiro atoms. The second-order valence-electron chi connectivity index (χ2n) is 9.16. The molecule has 0 saturated heterocycles. The van der Waals surface area contributed by atoms with Gasteiger partial charge in [-0.3, -0.25) is 0 Å². The van der Waals surface area contributed by atoms with Gasteiger partial charge in [0.2, 0.25) is 0 Å². The number of ether oxygens (including phenoxy) is 2. The van der Waals surface area contributed by atoms with E-state index in [9.17, 15) is 0 Å². The summed E-state index contributed by atoms with van der Waals surface area (Å²) >= 11 is 0. The zero-order chi connectivity index (χ0) is 21.8. The predicted octanol–water partition coefficient (Wildman–Crippen LogP) is 7.35. The monoisotopic (exact) mass is 414 g/mol. The third kappa shape index (κ3) is 4.35. The van der Waals surface area contributed by atoms with E-state index in [2.05, 4.69) is 86.6 Å². The van der Waals surface area contributed by atoms with E-state index in [0.29, 0.717) is 5.92 Å². The van der Waals surface area contributed by atoms with Crippen LogP contribution in [-0.2, 0) is 5.41 Å². The van der Waals surface area contributed by atoms with Crippen molar-refractivity contribution in [1.29, 1.82) is 0 Å². The van der Waals surface area contributed by atoms with Crippen LogP contribution in [0.1, 0.15) is 67.7 Å². The van der Waals surface area contributed by atoms with Crippen LogP contribution in [-0.4, -0.2) is 14.2 Å². The van der Waals surface area contributed by atoms with Gasteiger partial charge in [0.25, 0.3) is 0 Å². The lowest BCUT2D eigenvalue weighted by atomic mass is 9.70. The number of hydrogen-bond donors (Lipinski definition) is 0. The third-order valence-electron chi connectivity index (χ3n) is 7.31. The smallest absolute Gasteiger partial charge is 0.118 e. The molecule has 3 aromatic rings. The molecule has 0 radical (unpaired) electrons. The second kappa shape index (κ2) is 9.18. The largest absolute Gasteiger partial charge is 0.497 e. The molecular formula is C29H34O2. The van der Waals surface area contributed by atoms with E-state index in [4.69, 9.17) is 9.47 Å². The van der Waals surface area contributed by atoms with Crippen LogP contribution in [0.25, 0.3) is 0 Å². The Balaban J connectivity index is 1.72. The maximum atomic E-state index is 5.40. The maximum Gasteiger partial charge on any atom is 0.118 e. The van der Waals surface area contributed by atoms with Crippen molar-refractivity contribution in [1.82, 2.24) is 0 Å². The molecule has 0 aliphatic heterocycles. The standard InChI is InChI=1S/C29H34O2/c1-21-5-7-22(8-6-21)23-9-11-24(12-10-23)29(2,25-13-17-27(30-3)18-14-25)26-15-19-28(31-4)20-16-26/h9-22H,5-8H2,1-4H3. The van der Waals surface area contributed by atoms with Gasteiger partial charge in [-0.05, 0) is 78.1 Å². The molecule has 1 aliphatic rings. The van der Waals surface area contributed by atoms with E-state index in [1.54, 1.807) is 14.2 Å². The molecule has 0 bridgehead atoms. The van der Waals surface area contributed by atoms with Crippen molar-refractivity contribution in [2.75, 3.05) is 14.2 Å². The van der Waals surface area contributed by atoms with Crippen LogP contribution in [0.5, 0.6) is 11.5 Å². The number of methoxy groups -OCH3 is 2. The molecule has 31 heavy (non-hydrogen) atoms. The van der Waals surface area contributed by atoms with Gasteiger partial charge >= 0.3 is 0 Å². The van der Waals surface area contributed by atoms with Crippen LogP contribution >= 0.6 is 0 Å². The third-order valence-corrected chi connectivity index (χ3v) is 7.31. The van der Waals surface area contributed by atoms with E-state index in [1.165, 1.54) is 47.9 Å².